The van der Waals surface area contributed by atoms with Crippen molar-refractivity contribution < 1.29 is 0 Å². The topological polar surface area (TPSA) is 0 Å². The predicted octanol–water partition coefficient (Wildman–Crippen LogP) is 2.98. The molecule has 2 atom stereocenters. The van der Waals surface area contributed by atoms with E-state index in [1.54, 1.807) is 0 Å². The van der Waals surface area contributed by atoms with Crippen LogP contribution < -0.4 is 0 Å². The fraction of sp³-hybridized carbons (Fsp3) is 0.778. The average Bonchev–Trinajstić information content (AvgIpc) is 2.06. The molecule has 0 aliphatic carbocycles. The third kappa shape index (κ3) is 1.03. The van der Waals surface area contributed by atoms with E-state index < -0.39 is 0 Å². The molecule has 10 heavy (non-hydrogen) atoms. The molecule has 0 nitrogen and oxygen atoms in total. The highest BCUT2D eigenvalue weighted by atomic mass is 31.1. The van der Waals surface area contributed by atoms with Gasteiger partial charge in [-0.2, -0.15) is 0 Å². The van der Waals surface area contributed by atoms with Crippen LogP contribution >= 0.6 is 7.92 Å². The van der Waals surface area contributed by atoms with Gasteiger partial charge in [0.1, 0.15) is 0 Å². The second-order valence-corrected chi connectivity index (χ2v) is 6.13. The zero-order valence-electron chi connectivity index (χ0n) is 6.59. The van der Waals surface area contributed by atoms with Crippen LogP contribution in [0.15, 0.2) is 12.2 Å². The lowest BCUT2D eigenvalue weighted by Crippen LogP contribution is -1.98. The first-order valence-electron chi connectivity index (χ1n) is 4.28. The molecule has 0 spiro atoms. The first-order chi connectivity index (χ1) is 4.88. The van der Waals surface area contributed by atoms with E-state index in [-0.39, 0.29) is 0 Å². The molecule has 2 heterocycles. The minimum Gasteiger partial charge on any atom is -0.0958 e. The Kier molecular flexibility index (Phi) is 1.82. The van der Waals surface area contributed by atoms with Gasteiger partial charge in [0.15, 0.2) is 0 Å². The standard InChI is InChI=1S/C9H15P/c1-10-8-4-2-3-5-9(10)7-6-8/h6-9H,2-5H2,1H3. The van der Waals surface area contributed by atoms with Gasteiger partial charge in [0.2, 0.25) is 0 Å². The van der Waals surface area contributed by atoms with Crippen LogP contribution in [0.5, 0.6) is 0 Å². The number of allylic oxidation sites excluding steroid dienone is 2. The Bertz CT molecular complexity index is 135. The Hall–Kier alpha value is 0.170. The normalized spacial score (nSPS) is 45.5. The summed E-state index contributed by atoms with van der Waals surface area (Å²) in [7, 11) is 0.359. The van der Waals surface area contributed by atoms with E-state index in [4.69, 9.17) is 0 Å². The van der Waals surface area contributed by atoms with Crippen LogP contribution in [0.4, 0.5) is 0 Å². The lowest BCUT2D eigenvalue weighted by molar-refractivity contribution is 0.673. The van der Waals surface area contributed by atoms with E-state index in [1.165, 1.54) is 25.7 Å². The highest BCUT2D eigenvalue weighted by Gasteiger charge is 2.28. The van der Waals surface area contributed by atoms with Gasteiger partial charge in [0, 0.05) is 0 Å². The van der Waals surface area contributed by atoms with Gasteiger partial charge in [-0.25, -0.2) is 0 Å². The van der Waals surface area contributed by atoms with Crippen LogP contribution in [0.3, 0.4) is 0 Å². The lowest BCUT2D eigenvalue weighted by Gasteiger charge is -2.17. The van der Waals surface area contributed by atoms with Crippen LogP contribution in [-0.2, 0) is 0 Å². The van der Waals surface area contributed by atoms with E-state index >= 15 is 0 Å². The molecular weight excluding hydrogens is 139 g/mol. The first kappa shape index (κ1) is 6.85. The number of fused-ring (bicyclic) bond motifs is 2. The van der Waals surface area contributed by atoms with Crippen LogP contribution in [0, 0.1) is 0 Å². The summed E-state index contributed by atoms with van der Waals surface area (Å²) in [6.07, 6.45) is 10.9. The molecular formula is C9H15P. The Morgan fingerprint density at radius 3 is 2.10 bits per heavy atom. The highest BCUT2D eigenvalue weighted by Crippen LogP contribution is 2.54. The number of rotatable bonds is 0. The minimum absolute atomic E-state index is 0.359. The highest BCUT2D eigenvalue weighted by molar-refractivity contribution is 7.59. The molecule has 2 unspecified atom stereocenters. The number of hydrogen-bond acceptors (Lipinski definition) is 0. The molecule has 0 aromatic heterocycles. The molecule has 1 saturated heterocycles. The molecule has 2 aliphatic rings. The van der Waals surface area contributed by atoms with Gasteiger partial charge < -0.3 is 0 Å². The quantitative estimate of drug-likeness (QED) is 0.371. The summed E-state index contributed by atoms with van der Waals surface area (Å²) in [4.78, 5) is 0. The second kappa shape index (κ2) is 2.66. The Balaban J connectivity index is 2.14. The van der Waals surface area contributed by atoms with E-state index in [0.29, 0.717) is 7.92 Å². The fourth-order valence-electron chi connectivity index (χ4n) is 2.08. The van der Waals surface area contributed by atoms with Crippen LogP contribution in [0.1, 0.15) is 25.7 Å². The monoisotopic (exact) mass is 154 g/mol. The molecule has 2 aliphatic heterocycles. The second-order valence-electron chi connectivity index (χ2n) is 3.47. The zero-order valence-corrected chi connectivity index (χ0v) is 7.48. The molecule has 0 aromatic rings. The summed E-state index contributed by atoms with van der Waals surface area (Å²) in [5.41, 5.74) is 2.00. The minimum atomic E-state index is 0.359. The van der Waals surface area contributed by atoms with Gasteiger partial charge in [-0.15, -0.1) is 0 Å². The van der Waals surface area contributed by atoms with Gasteiger partial charge in [-0.1, -0.05) is 32.9 Å². The van der Waals surface area contributed by atoms with Gasteiger partial charge in [0.25, 0.3) is 0 Å². The third-order valence-electron chi connectivity index (χ3n) is 2.85. The summed E-state index contributed by atoms with van der Waals surface area (Å²) >= 11 is 0. The smallest absolute Gasteiger partial charge is 0.00266 e. The van der Waals surface area contributed by atoms with Gasteiger partial charge in [-0.3, -0.25) is 0 Å². The van der Waals surface area contributed by atoms with Crippen molar-refractivity contribution in [2.45, 2.75) is 37.0 Å². The van der Waals surface area contributed by atoms with Crippen molar-refractivity contribution >= 4 is 7.92 Å². The molecule has 2 rings (SSSR count). The molecule has 0 aromatic carbocycles. The molecule has 1 heteroatoms. The molecule has 0 amide bonds. The Labute approximate surface area is 64.5 Å². The van der Waals surface area contributed by atoms with Crippen molar-refractivity contribution in [2.24, 2.45) is 0 Å². The maximum Gasteiger partial charge on any atom is -0.00266 e. The molecule has 0 radical (unpaired) electrons. The summed E-state index contributed by atoms with van der Waals surface area (Å²) in [6, 6.07) is 0. The molecule has 56 valence electrons. The van der Waals surface area contributed by atoms with Crippen molar-refractivity contribution in [1.29, 1.82) is 0 Å². The van der Waals surface area contributed by atoms with E-state index in [2.05, 4.69) is 18.8 Å². The fourth-order valence-corrected chi connectivity index (χ4v) is 4.49. The maximum absolute atomic E-state index is 2.48. The molecule has 0 saturated carbocycles. The van der Waals surface area contributed by atoms with Crippen molar-refractivity contribution in [3.8, 4) is 0 Å². The van der Waals surface area contributed by atoms with Crippen LogP contribution in [0.25, 0.3) is 0 Å². The van der Waals surface area contributed by atoms with E-state index in [0.717, 1.165) is 11.3 Å². The molecule has 0 N–H and O–H groups in total. The average molecular weight is 154 g/mol. The van der Waals surface area contributed by atoms with Crippen molar-refractivity contribution in [1.82, 2.24) is 0 Å². The van der Waals surface area contributed by atoms with Crippen LogP contribution in [0.2, 0.25) is 0 Å². The van der Waals surface area contributed by atoms with Crippen molar-refractivity contribution in [3.63, 3.8) is 0 Å². The first-order valence-corrected chi connectivity index (χ1v) is 6.21. The van der Waals surface area contributed by atoms with Crippen molar-refractivity contribution in [2.75, 3.05) is 6.66 Å². The lowest BCUT2D eigenvalue weighted by atomic mass is 10.1. The zero-order chi connectivity index (χ0) is 6.97. The maximum atomic E-state index is 2.48. The predicted molar refractivity (Wildman–Crippen MR) is 48.0 cm³/mol. The van der Waals surface area contributed by atoms with Crippen LogP contribution in [-0.4, -0.2) is 18.0 Å². The Morgan fingerprint density at radius 2 is 1.60 bits per heavy atom. The summed E-state index contributed by atoms with van der Waals surface area (Å²) in [6.45, 7) is 2.48. The molecule has 1 fully saturated rings. The third-order valence-corrected chi connectivity index (χ3v) is 5.80. The largest absolute Gasteiger partial charge is 0.0958 e. The molecule has 2 bridgehead atoms. The Morgan fingerprint density at radius 1 is 1.10 bits per heavy atom. The van der Waals surface area contributed by atoms with Crippen molar-refractivity contribution in [3.05, 3.63) is 12.2 Å². The summed E-state index contributed by atoms with van der Waals surface area (Å²) in [5, 5.41) is 0. The van der Waals surface area contributed by atoms with Gasteiger partial charge in [-0.05, 0) is 30.8 Å². The van der Waals surface area contributed by atoms with E-state index in [9.17, 15) is 0 Å². The SMILES string of the molecule is CP1C2C=CC1CCCC2. The summed E-state index contributed by atoms with van der Waals surface area (Å²) < 4.78 is 0. The number of hydrogen-bond donors (Lipinski definition) is 0. The van der Waals surface area contributed by atoms with E-state index in [1.807, 2.05) is 0 Å². The van der Waals surface area contributed by atoms with Gasteiger partial charge in [0.05, 0.1) is 0 Å². The summed E-state index contributed by atoms with van der Waals surface area (Å²) in [5.74, 6) is 0. The van der Waals surface area contributed by atoms with Gasteiger partial charge >= 0.3 is 0 Å².